The summed E-state index contributed by atoms with van der Waals surface area (Å²) in [5.41, 5.74) is 18.1. The molecule has 240 valence electrons. The molecule has 4 aromatic carbocycles. The summed E-state index contributed by atoms with van der Waals surface area (Å²) in [5.74, 6) is 0. The smallest absolute Gasteiger partial charge is 0.0963 e. The van der Waals surface area contributed by atoms with E-state index < -0.39 is 0 Å². The van der Waals surface area contributed by atoms with Crippen LogP contribution in [0, 0.1) is 6.92 Å². The van der Waals surface area contributed by atoms with Crippen LogP contribution in [0.2, 0.25) is 0 Å². The first-order valence-electron chi connectivity index (χ1n) is 17.2. The molecule has 0 atom stereocenters. The molecule has 6 heterocycles. The largest absolute Gasteiger partial charge is 0.342 e. The Labute approximate surface area is 288 Å². The summed E-state index contributed by atoms with van der Waals surface area (Å²) in [7, 11) is 4.24. The van der Waals surface area contributed by atoms with Gasteiger partial charge in [-0.25, -0.2) is 0 Å². The molecular formula is C44H34N6. The average Bonchev–Trinajstić information content (AvgIpc) is 3.75. The topological polar surface area (TPSA) is 53.5 Å². The van der Waals surface area contributed by atoms with E-state index in [9.17, 15) is 0 Å². The van der Waals surface area contributed by atoms with E-state index in [1.165, 1.54) is 32.8 Å². The lowest BCUT2D eigenvalue weighted by Crippen LogP contribution is -1.92. The minimum atomic E-state index is 0.890. The zero-order valence-electron chi connectivity index (χ0n) is 28.4. The lowest BCUT2D eigenvalue weighted by atomic mass is 9.92. The number of hydrogen-bond acceptors (Lipinski definition) is 3. The van der Waals surface area contributed by atoms with Gasteiger partial charge in [-0.2, -0.15) is 0 Å². The predicted molar refractivity (Wildman–Crippen MR) is 208 cm³/mol. The third-order valence-electron chi connectivity index (χ3n) is 10.6. The number of nitrogens with zero attached hydrogens (tertiary/aromatic N) is 6. The number of hydrogen-bond donors (Lipinski definition) is 0. The molecule has 0 fully saturated rings. The van der Waals surface area contributed by atoms with Gasteiger partial charge in [0.05, 0.1) is 49.7 Å². The zero-order valence-corrected chi connectivity index (χ0v) is 28.4. The minimum absolute atomic E-state index is 0.890. The van der Waals surface area contributed by atoms with Gasteiger partial charge in [-0.05, 0) is 138 Å². The van der Waals surface area contributed by atoms with Gasteiger partial charge in [0.1, 0.15) is 0 Å². The SMILES string of the molecule is CCn1c2ccc(-c3cc(-c4ccc5c(c4)c4ncccc4n5C)cc(-c4ccc5c(c4)c4nc(C)ccc4n5C)c3)cc2c2ncccc21. The molecule has 0 spiro atoms. The van der Waals surface area contributed by atoms with Gasteiger partial charge in [-0.1, -0.05) is 18.2 Å². The quantitative estimate of drug-likeness (QED) is 0.191. The molecule has 0 N–H and O–H groups in total. The summed E-state index contributed by atoms with van der Waals surface area (Å²) in [5, 5.41) is 3.50. The van der Waals surface area contributed by atoms with E-state index in [1.807, 2.05) is 24.5 Å². The molecule has 0 saturated carbocycles. The van der Waals surface area contributed by atoms with Gasteiger partial charge in [-0.3, -0.25) is 15.0 Å². The van der Waals surface area contributed by atoms with Crippen LogP contribution in [0.3, 0.4) is 0 Å². The molecule has 0 aliphatic rings. The first kappa shape index (κ1) is 28.7. The molecule has 50 heavy (non-hydrogen) atoms. The van der Waals surface area contributed by atoms with E-state index in [0.717, 1.165) is 78.6 Å². The second-order valence-electron chi connectivity index (χ2n) is 13.4. The van der Waals surface area contributed by atoms with E-state index >= 15 is 0 Å². The predicted octanol–water partition coefficient (Wildman–Crippen LogP) is 10.6. The number of benzene rings is 4. The molecule has 10 rings (SSSR count). The molecule has 6 heteroatoms. The van der Waals surface area contributed by atoms with Crippen molar-refractivity contribution in [3.63, 3.8) is 0 Å². The summed E-state index contributed by atoms with van der Waals surface area (Å²) in [4.78, 5) is 14.6. The van der Waals surface area contributed by atoms with Crippen molar-refractivity contribution < 1.29 is 0 Å². The van der Waals surface area contributed by atoms with E-state index in [1.54, 1.807) is 0 Å². The van der Waals surface area contributed by atoms with Crippen molar-refractivity contribution in [3.05, 3.63) is 127 Å². The van der Waals surface area contributed by atoms with Crippen molar-refractivity contribution in [2.45, 2.75) is 20.4 Å². The number of aryl methyl sites for hydroxylation is 4. The maximum absolute atomic E-state index is 4.97. The molecule has 6 nitrogen and oxygen atoms in total. The Kier molecular flexibility index (Phi) is 6.10. The van der Waals surface area contributed by atoms with Crippen LogP contribution in [0.15, 0.2) is 122 Å². The highest BCUT2D eigenvalue weighted by atomic mass is 15.0. The van der Waals surface area contributed by atoms with Crippen molar-refractivity contribution in [2.24, 2.45) is 14.1 Å². The van der Waals surface area contributed by atoms with Crippen LogP contribution in [-0.2, 0) is 20.6 Å². The van der Waals surface area contributed by atoms with Crippen LogP contribution in [0.25, 0.3) is 99.2 Å². The van der Waals surface area contributed by atoms with Gasteiger partial charge in [0.15, 0.2) is 0 Å². The lowest BCUT2D eigenvalue weighted by Gasteiger charge is -2.13. The monoisotopic (exact) mass is 646 g/mol. The Hall–Kier alpha value is -6.27. The normalized spacial score (nSPS) is 12.1. The third-order valence-corrected chi connectivity index (χ3v) is 10.6. The number of pyridine rings is 3. The Morgan fingerprint density at radius 1 is 0.460 bits per heavy atom. The number of rotatable bonds is 4. The zero-order chi connectivity index (χ0) is 33.7. The van der Waals surface area contributed by atoms with Crippen molar-refractivity contribution in [3.8, 4) is 33.4 Å². The van der Waals surface area contributed by atoms with E-state index in [0.29, 0.717) is 0 Å². The highest BCUT2D eigenvalue weighted by molar-refractivity contribution is 6.10. The minimum Gasteiger partial charge on any atom is -0.342 e. The number of fused-ring (bicyclic) bond motifs is 9. The molecule has 0 bridgehead atoms. The molecule has 6 aromatic heterocycles. The molecular weight excluding hydrogens is 613 g/mol. The maximum Gasteiger partial charge on any atom is 0.0963 e. The van der Waals surface area contributed by atoms with Gasteiger partial charge in [0, 0.05) is 54.9 Å². The fourth-order valence-electron chi connectivity index (χ4n) is 8.11. The maximum atomic E-state index is 4.97. The van der Waals surface area contributed by atoms with Gasteiger partial charge in [0.25, 0.3) is 0 Å². The summed E-state index contributed by atoms with van der Waals surface area (Å²) < 4.78 is 6.83. The van der Waals surface area contributed by atoms with Crippen molar-refractivity contribution in [1.82, 2.24) is 28.7 Å². The second kappa shape index (κ2) is 10.6. The van der Waals surface area contributed by atoms with Crippen LogP contribution in [0.4, 0.5) is 0 Å². The van der Waals surface area contributed by atoms with E-state index in [-0.39, 0.29) is 0 Å². The highest BCUT2D eigenvalue weighted by Crippen LogP contribution is 2.39. The van der Waals surface area contributed by atoms with Crippen molar-refractivity contribution in [2.75, 3.05) is 0 Å². The van der Waals surface area contributed by atoms with E-state index in [2.05, 4.69) is 139 Å². The van der Waals surface area contributed by atoms with Crippen LogP contribution < -0.4 is 0 Å². The first-order chi connectivity index (χ1) is 24.5. The lowest BCUT2D eigenvalue weighted by molar-refractivity contribution is 0.826. The molecule has 0 aliphatic heterocycles. The van der Waals surface area contributed by atoms with Crippen LogP contribution in [-0.4, -0.2) is 28.7 Å². The van der Waals surface area contributed by atoms with Gasteiger partial charge in [-0.15, -0.1) is 0 Å². The molecule has 0 aliphatic carbocycles. The Morgan fingerprint density at radius 3 is 1.50 bits per heavy atom. The molecule has 0 unspecified atom stereocenters. The third kappa shape index (κ3) is 4.11. The van der Waals surface area contributed by atoms with Gasteiger partial charge < -0.3 is 13.7 Å². The van der Waals surface area contributed by atoms with Gasteiger partial charge >= 0.3 is 0 Å². The fraction of sp³-hybridized carbons (Fsp3) is 0.114. The van der Waals surface area contributed by atoms with Crippen LogP contribution >= 0.6 is 0 Å². The van der Waals surface area contributed by atoms with Crippen LogP contribution in [0.5, 0.6) is 0 Å². The average molecular weight is 647 g/mol. The van der Waals surface area contributed by atoms with Crippen molar-refractivity contribution in [1.29, 1.82) is 0 Å². The Balaban J connectivity index is 1.22. The summed E-state index contributed by atoms with van der Waals surface area (Å²) in [6.07, 6.45) is 3.78. The van der Waals surface area contributed by atoms with Crippen LogP contribution in [0.1, 0.15) is 12.6 Å². The first-order valence-corrected chi connectivity index (χ1v) is 17.2. The number of aromatic nitrogens is 6. The van der Waals surface area contributed by atoms with Crippen molar-refractivity contribution >= 4 is 65.8 Å². The Bertz CT molecular complexity index is 3010. The van der Waals surface area contributed by atoms with Gasteiger partial charge in [0.2, 0.25) is 0 Å². The summed E-state index contributed by atoms with van der Waals surface area (Å²) >= 11 is 0. The standard InChI is InChI=1S/C44H34N6/c1-5-50-38-17-13-29(25-35(38)43-41(50)9-7-19-46-43)32-21-30(27-11-15-36-33(23-27)42-39(48(36)3)8-6-18-45-42)20-31(22-32)28-12-16-37-34(24-28)44-40(49(37)4)14-10-26(2)47-44/h6-25H,5H2,1-4H3. The molecule has 10 aromatic rings. The molecule has 0 radical (unpaired) electrons. The fourth-order valence-corrected chi connectivity index (χ4v) is 8.11. The second-order valence-corrected chi connectivity index (χ2v) is 13.4. The summed E-state index contributed by atoms with van der Waals surface area (Å²) in [6.45, 7) is 5.15. The molecule has 0 saturated heterocycles. The molecule has 0 amide bonds. The Morgan fingerprint density at radius 2 is 0.920 bits per heavy atom. The van der Waals surface area contributed by atoms with E-state index in [4.69, 9.17) is 15.0 Å². The summed E-state index contributed by atoms with van der Waals surface area (Å²) in [6, 6.07) is 40.0. The highest BCUT2D eigenvalue weighted by Gasteiger charge is 2.16.